The third-order valence-corrected chi connectivity index (χ3v) is 19.1. The minimum absolute atomic E-state index is 0.00490. The van der Waals surface area contributed by atoms with E-state index in [1.807, 2.05) is 32.1 Å². The molecule has 4 aromatic carbocycles. The Balaban J connectivity index is 0.000000232. The van der Waals surface area contributed by atoms with Gasteiger partial charge < -0.3 is 60.5 Å². The number of allylic oxidation sites excluding steroid dienone is 12. The summed E-state index contributed by atoms with van der Waals surface area (Å²) in [6.07, 6.45) is 27.8. The maximum atomic E-state index is 11.9. The number of hydrogen-bond acceptors (Lipinski definition) is 12. The van der Waals surface area contributed by atoms with E-state index in [0.717, 1.165) is 101 Å². The fourth-order valence-electron chi connectivity index (χ4n) is 13.7. The van der Waals surface area contributed by atoms with Crippen molar-refractivity contribution in [2.24, 2.45) is 11.8 Å². The second-order valence-electron chi connectivity index (χ2n) is 28.2. The quantitative estimate of drug-likeness (QED) is 0.0258. The maximum absolute atomic E-state index is 11.9. The number of carboxylic acids is 4. The number of phenols is 6. The van der Waals surface area contributed by atoms with Crippen molar-refractivity contribution in [2.75, 3.05) is 0 Å². The molecule has 96 heavy (non-hydrogen) atoms. The molecular weight excluding hydrogens is 1220 g/mol. The molecule has 0 saturated carbocycles. The van der Waals surface area contributed by atoms with Crippen LogP contribution < -0.4 is 9.47 Å². The molecule has 16 nitrogen and oxygen atoms in total. The molecule has 0 saturated heterocycles. The van der Waals surface area contributed by atoms with Gasteiger partial charge in [-0.05, 0) is 233 Å². The molecule has 0 aromatic heterocycles. The first-order valence-electron chi connectivity index (χ1n) is 34.1. The lowest BCUT2D eigenvalue weighted by atomic mass is 9.67. The fraction of sp³-hybridized carbons (Fsp3) is 0.500. The number of aromatic hydroxyl groups is 6. The zero-order valence-corrected chi connectivity index (χ0v) is 59.7. The topological polar surface area (TPSA) is 289 Å². The minimum Gasteiger partial charge on any atom is -0.508 e. The van der Waals surface area contributed by atoms with Crippen molar-refractivity contribution < 1.29 is 79.7 Å². The Labute approximate surface area is 569 Å². The standard InChI is InChI=1S/C22H30O4.C22H32O4.C18H22O4.C18H24O4/c1-5-6-7-8-14-12-17-19(20(23)18(14)21(24)25)15-11-13(2)9-10-16(15)22(3,4)26-17;1-5-6-7-11-17-14-19(23)18(21(24)20(17)22(25)26)13-12-16(4)10-8-9-15(2)3;1-9-5-6-12-11(7-9)15-13(22-18(12,3)4)8-10(2)14(16(15)19)17(20)21;1-11(2)6-5-7-12(3)8-9-14-15(19)10-13(4)16(17(14)20)18(21)22/h11-12,15-16,23H,5-10H2,1-4H3,(H,24,25);9,12,14,23-24H,5-8,10-11,13H2,1-4H3,(H,25,26);7-8,11-12,19H,5-6H2,1-4H3,(H,20,21);6,8,10,19-20H,5,7,9H2,1-4H3,(H,21,22)/b;16-12+;;12-8+. The minimum atomic E-state index is -1.19. The molecule has 4 aliphatic rings. The van der Waals surface area contributed by atoms with Crippen molar-refractivity contribution in [1.29, 1.82) is 0 Å². The van der Waals surface area contributed by atoms with Crippen LogP contribution in [0.5, 0.6) is 46.0 Å². The summed E-state index contributed by atoms with van der Waals surface area (Å²) in [6.45, 7) is 32.2. The van der Waals surface area contributed by atoms with Crippen LogP contribution >= 0.6 is 0 Å². The number of carbonyl (C=O) groups is 4. The van der Waals surface area contributed by atoms with Gasteiger partial charge in [0.25, 0.3) is 0 Å². The number of hydrogen-bond donors (Lipinski definition) is 10. The highest BCUT2D eigenvalue weighted by molar-refractivity contribution is 5.96. The van der Waals surface area contributed by atoms with Crippen molar-refractivity contribution in [1.82, 2.24) is 0 Å². The number of aryl methyl sites for hydroxylation is 4. The van der Waals surface area contributed by atoms with E-state index in [1.165, 1.54) is 34.4 Å². The summed E-state index contributed by atoms with van der Waals surface area (Å²) in [5.41, 5.74) is 10.4. The fourth-order valence-corrected chi connectivity index (χ4v) is 13.7. The van der Waals surface area contributed by atoms with E-state index in [0.29, 0.717) is 70.6 Å². The van der Waals surface area contributed by atoms with Gasteiger partial charge in [-0.25, -0.2) is 19.2 Å². The molecule has 0 fully saturated rings. The molecule has 2 heterocycles. The molecule has 4 aromatic rings. The SMILES string of the molecule is CC(C)=CCC/C(C)=C/Cc1c(O)cc(C)c(C(=O)O)c1O.CC1=CC2c3c(cc(C)c(C(=O)O)c3O)OC(C)(C)C2CC1.CCCCCc1cc(O)c(C/C=C(\C)CCC=C(C)C)c(O)c1C(=O)O.CCCCCc1cc2c(c(O)c1C(=O)O)C1C=C(C)CCC1C(C)(C)O2. The monoisotopic (exact) mass is 1320 g/mol. The zero-order valence-electron chi connectivity index (χ0n) is 59.7. The van der Waals surface area contributed by atoms with Crippen molar-refractivity contribution >= 4 is 23.9 Å². The van der Waals surface area contributed by atoms with E-state index < -0.39 is 23.9 Å². The Kier molecular flexibility index (Phi) is 28.1. The normalized spacial score (nSPS) is 17.9. The highest BCUT2D eigenvalue weighted by Crippen LogP contribution is 2.56. The molecule has 4 unspecified atom stereocenters. The van der Waals surface area contributed by atoms with Gasteiger partial charge in [0, 0.05) is 45.9 Å². The van der Waals surface area contributed by atoms with Gasteiger partial charge in [0.1, 0.15) is 79.5 Å². The van der Waals surface area contributed by atoms with E-state index in [4.69, 9.17) is 14.6 Å². The molecule has 2 aliphatic carbocycles. The lowest BCUT2D eigenvalue weighted by Gasteiger charge is -2.46. The third-order valence-electron chi connectivity index (χ3n) is 19.1. The average Bonchev–Trinajstić information content (AvgIpc) is 0.741. The smallest absolute Gasteiger partial charge is 0.339 e. The summed E-state index contributed by atoms with van der Waals surface area (Å²) in [7, 11) is 0. The average molecular weight is 1330 g/mol. The molecule has 0 spiro atoms. The van der Waals surface area contributed by atoms with Gasteiger partial charge in [0.2, 0.25) is 0 Å². The summed E-state index contributed by atoms with van der Waals surface area (Å²) < 4.78 is 12.4. The highest BCUT2D eigenvalue weighted by Gasteiger charge is 2.48. The Morgan fingerprint density at radius 1 is 0.479 bits per heavy atom. The van der Waals surface area contributed by atoms with Crippen LogP contribution in [-0.2, 0) is 25.7 Å². The Morgan fingerprint density at radius 3 is 1.24 bits per heavy atom. The predicted octanol–water partition coefficient (Wildman–Crippen LogP) is 19.5. The van der Waals surface area contributed by atoms with Gasteiger partial charge in [-0.3, -0.25) is 0 Å². The van der Waals surface area contributed by atoms with Crippen LogP contribution in [0.15, 0.2) is 94.2 Å². The van der Waals surface area contributed by atoms with Gasteiger partial charge in [-0.2, -0.15) is 0 Å². The molecule has 10 N–H and O–H groups in total. The number of unbranched alkanes of at least 4 members (excludes halogenated alkanes) is 4. The number of fused-ring (bicyclic) bond motifs is 6. The van der Waals surface area contributed by atoms with Crippen molar-refractivity contribution in [3.63, 3.8) is 0 Å². The Bertz CT molecular complexity index is 3690. The Morgan fingerprint density at radius 2 is 0.833 bits per heavy atom. The van der Waals surface area contributed by atoms with Crippen molar-refractivity contribution in [2.45, 2.75) is 249 Å². The largest absolute Gasteiger partial charge is 0.508 e. The second kappa shape index (κ2) is 34.5. The second-order valence-corrected chi connectivity index (χ2v) is 28.2. The number of rotatable bonds is 22. The van der Waals surface area contributed by atoms with Gasteiger partial charge in [0.05, 0.1) is 0 Å². The van der Waals surface area contributed by atoms with Crippen LogP contribution in [0.25, 0.3) is 0 Å². The predicted molar refractivity (Wildman–Crippen MR) is 380 cm³/mol. The number of phenolic OH excluding ortho intramolecular Hbond substituents is 2. The maximum Gasteiger partial charge on any atom is 0.339 e. The number of ether oxygens (including phenoxy) is 2. The molecule has 8 rings (SSSR count). The van der Waals surface area contributed by atoms with Crippen LogP contribution in [0.1, 0.15) is 285 Å². The number of benzene rings is 4. The summed E-state index contributed by atoms with van der Waals surface area (Å²) in [5, 5.41) is 100. The summed E-state index contributed by atoms with van der Waals surface area (Å²) >= 11 is 0. The van der Waals surface area contributed by atoms with Crippen LogP contribution in [-0.4, -0.2) is 86.1 Å². The van der Waals surface area contributed by atoms with E-state index in [9.17, 15) is 65.1 Å². The molecule has 524 valence electrons. The van der Waals surface area contributed by atoms with E-state index >= 15 is 0 Å². The Hall–Kier alpha value is -8.40. The third kappa shape index (κ3) is 19.9. The first-order valence-corrected chi connectivity index (χ1v) is 34.1. The van der Waals surface area contributed by atoms with Gasteiger partial charge in [-0.1, -0.05) is 109 Å². The van der Waals surface area contributed by atoms with Gasteiger partial charge in [-0.15, -0.1) is 0 Å². The van der Waals surface area contributed by atoms with E-state index in [1.54, 1.807) is 19.9 Å². The van der Waals surface area contributed by atoms with Crippen LogP contribution in [0.4, 0.5) is 0 Å². The van der Waals surface area contributed by atoms with Crippen molar-refractivity contribution in [3.05, 3.63) is 161 Å². The number of aromatic carboxylic acids is 4. The van der Waals surface area contributed by atoms with E-state index in [-0.39, 0.29) is 103 Å². The van der Waals surface area contributed by atoms with E-state index in [2.05, 4.69) is 107 Å². The van der Waals surface area contributed by atoms with Crippen LogP contribution in [0.3, 0.4) is 0 Å². The summed E-state index contributed by atoms with van der Waals surface area (Å²) in [4.78, 5) is 46.2. The van der Waals surface area contributed by atoms with Crippen LogP contribution in [0.2, 0.25) is 0 Å². The lowest BCUT2D eigenvalue weighted by Crippen LogP contribution is -2.45. The molecule has 16 heteroatoms. The first-order chi connectivity index (χ1) is 45.0. The van der Waals surface area contributed by atoms with Crippen molar-refractivity contribution in [3.8, 4) is 46.0 Å². The summed E-state index contributed by atoms with van der Waals surface area (Å²) in [6, 6.07) is 6.49. The lowest BCUT2D eigenvalue weighted by molar-refractivity contribution is 0.0102. The summed E-state index contributed by atoms with van der Waals surface area (Å²) in [5.74, 6) is -3.78. The van der Waals surface area contributed by atoms with Gasteiger partial charge in [0.15, 0.2) is 0 Å². The molecule has 0 amide bonds. The molecule has 0 radical (unpaired) electrons. The molecule has 2 aliphatic heterocycles. The highest BCUT2D eigenvalue weighted by atomic mass is 16.5. The first kappa shape index (κ1) is 78.3. The molecular formula is C80H108O16. The van der Waals surface area contributed by atoms with Crippen LogP contribution in [0, 0.1) is 25.7 Å². The molecule has 4 atom stereocenters. The van der Waals surface area contributed by atoms with Gasteiger partial charge >= 0.3 is 23.9 Å². The number of carboxylic acid groups (broad SMARTS) is 4. The molecule has 0 bridgehead atoms. The zero-order chi connectivity index (χ0) is 71.8.